The van der Waals surface area contributed by atoms with E-state index in [1.807, 2.05) is 7.05 Å². The van der Waals surface area contributed by atoms with E-state index in [2.05, 4.69) is 5.32 Å². The molecular weight excluding hydrogens is 308 g/mol. The van der Waals surface area contributed by atoms with Crippen LogP contribution in [0, 0.1) is 17.0 Å². The molecule has 1 unspecified atom stereocenters. The van der Waals surface area contributed by atoms with Crippen LogP contribution in [0.5, 0.6) is 0 Å². The Hall–Kier alpha value is -1.86. The van der Waals surface area contributed by atoms with Gasteiger partial charge in [-0.3, -0.25) is 14.9 Å². The number of nitro groups is 1. The number of hydrogen-bond donors (Lipinski definition) is 2. The number of piperidine rings is 1. The molecule has 22 heavy (non-hydrogen) atoms. The molecular formula is C14H21ClN4O3. The van der Waals surface area contributed by atoms with E-state index in [4.69, 9.17) is 5.73 Å². The number of aryl methyl sites for hydroxylation is 1. The maximum atomic E-state index is 12.6. The Kier molecular flexibility index (Phi) is 6.13. The number of nitrogens with two attached hydrogens (primary N) is 1. The lowest BCUT2D eigenvalue weighted by molar-refractivity contribution is -0.384. The van der Waals surface area contributed by atoms with Gasteiger partial charge >= 0.3 is 0 Å². The van der Waals surface area contributed by atoms with E-state index >= 15 is 0 Å². The van der Waals surface area contributed by atoms with E-state index in [0.717, 1.165) is 12.8 Å². The summed E-state index contributed by atoms with van der Waals surface area (Å²) in [5.74, 6) is -0.237. The van der Waals surface area contributed by atoms with E-state index in [0.29, 0.717) is 18.7 Å². The summed E-state index contributed by atoms with van der Waals surface area (Å²) < 4.78 is 0. The SMILES string of the molecule is CNC1CCCN(C(=O)c2cc(C)cc([N+](=O)[O-])c2N)C1.Cl. The fourth-order valence-electron chi connectivity index (χ4n) is 2.67. The summed E-state index contributed by atoms with van der Waals surface area (Å²) in [5.41, 5.74) is 6.44. The highest BCUT2D eigenvalue weighted by Crippen LogP contribution is 2.28. The number of nitrogens with one attached hydrogen (secondary N) is 1. The first kappa shape index (κ1) is 18.2. The van der Waals surface area contributed by atoms with Gasteiger partial charge in [0, 0.05) is 25.2 Å². The normalized spacial score (nSPS) is 17.7. The molecule has 1 aromatic rings. The molecule has 0 radical (unpaired) electrons. The smallest absolute Gasteiger partial charge is 0.293 e. The lowest BCUT2D eigenvalue weighted by Crippen LogP contribution is -2.47. The number of likely N-dealkylation sites (tertiary alicyclic amines) is 1. The predicted molar refractivity (Wildman–Crippen MR) is 87.5 cm³/mol. The van der Waals surface area contributed by atoms with Crippen molar-refractivity contribution >= 4 is 29.7 Å². The number of nitrogen functional groups attached to an aromatic ring is 1. The molecule has 0 bridgehead atoms. The van der Waals surface area contributed by atoms with Gasteiger partial charge in [-0.15, -0.1) is 12.4 Å². The first-order valence-corrected chi connectivity index (χ1v) is 6.95. The monoisotopic (exact) mass is 328 g/mol. The maximum absolute atomic E-state index is 12.6. The third-order valence-electron chi connectivity index (χ3n) is 3.85. The van der Waals surface area contributed by atoms with Crippen molar-refractivity contribution in [3.8, 4) is 0 Å². The number of rotatable bonds is 3. The number of carbonyl (C=O) groups is 1. The third-order valence-corrected chi connectivity index (χ3v) is 3.85. The Labute approximate surface area is 135 Å². The van der Waals surface area contributed by atoms with Crippen LogP contribution in [0.25, 0.3) is 0 Å². The fourth-order valence-corrected chi connectivity index (χ4v) is 2.67. The van der Waals surface area contributed by atoms with Gasteiger partial charge in [0.1, 0.15) is 5.69 Å². The van der Waals surface area contributed by atoms with Gasteiger partial charge in [0.2, 0.25) is 0 Å². The highest BCUT2D eigenvalue weighted by molar-refractivity contribution is 6.01. The first-order valence-electron chi connectivity index (χ1n) is 6.95. The van der Waals surface area contributed by atoms with E-state index < -0.39 is 4.92 Å². The predicted octanol–water partition coefficient (Wildman–Crippen LogP) is 1.73. The summed E-state index contributed by atoms with van der Waals surface area (Å²) in [6.45, 7) is 2.96. The minimum absolute atomic E-state index is 0. The zero-order valence-electron chi connectivity index (χ0n) is 12.7. The summed E-state index contributed by atoms with van der Waals surface area (Å²) in [5, 5.41) is 14.2. The summed E-state index contributed by atoms with van der Waals surface area (Å²) in [6, 6.07) is 3.26. The average Bonchev–Trinajstić information content (AvgIpc) is 2.48. The van der Waals surface area contributed by atoms with Gasteiger partial charge in [-0.2, -0.15) is 0 Å². The molecule has 1 heterocycles. The summed E-state index contributed by atoms with van der Waals surface area (Å²) in [4.78, 5) is 24.8. The van der Waals surface area contributed by atoms with Crippen molar-refractivity contribution in [1.29, 1.82) is 0 Å². The van der Waals surface area contributed by atoms with Gasteiger partial charge in [-0.25, -0.2) is 0 Å². The highest BCUT2D eigenvalue weighted by Gasteiger charge is 2.27. The second-order valence-electron chi connectivity index (χ2n) is 5.38. The molecule has 2 rings (SSSR count). The Bertz CT molecular complexity index is 579. The molecule has 1 saturated heterocycles. The van der Waals surface area contributed by atoms with Crippen LogP contribution in [-0.4, -0.2) is 41.9 Å². The van der Waals surface area contributed by atoms with Crippen LogP contribution >= 0.6 is 12.4 Å². The quantitative estimate of drug-likeness (QED) is 0.500. The maximum Gasteiger partial charge on any atom is 0.293 e. The first-order chi connectivity index (χ1) is 9.93. The molecule has 122 valence electrons. The lowest BCUT2D eigenvalue weighted by Gasteiger charge is -2.32. The van der Waals surface area contributed by atoms with Crippen molar-refractivity contribution in [3.63, 3.8) is 0 Å². The third kappa shape index (κ3) is 3.66. The second-order valence-corrected chi connectivity index (χ2v) is 5.38. The lowest BCUT2D eigenvalue weighted by atomic mass is 10.0. The van der Waals surface area contributed by atoms with Crippen LogP contribution in [0.2, 0.25) is 0 Å². The van der Waals surface area contributed by atoms with Crippen LogP contribution < -0.4 is 11.1 Å². The molecule has 0 spiro atoms. The largest absolute Gasteiger partial charge is 0.393 e. The van der Waals surface area contributed by atoms with Gasteiger partial charge in [0.05, 0.1) is 10.5 Å². The molecule has 3 N–H and O–H groups in total. The minimum Gasteiger partial charge on any atom is -0.393 e. The van der Waals surface area contributed by atoms with E-state index in [1.54, 1.807) is 17.9 Å². The van der Waals surface area contributed by atoms with Crippen LogP contribution in [-0.2, 0) is 0 Å². The number of hydrogen-bond acceptors (Lipinski definition) is 5. The molecule has 7 nitrogen and oxygen atoms in total. The van der Waals surface area contributed by atoms with Crippen LogP contribution in [0.15, 0.2) is 12.1 Å². The van der Waals surface area contributed by atoms with Crippen LogP contribution in [0.4, 0.5) is 11.4 Å². The van der Waals surface area contributed by atoms with Gasteiger partial charge in [0.25, 0.3) is 11.6 Å². The number of likely N-dealkylation sites (N-methyl/N-ethyl adjacent to an activating group) is 1. The molecule has 1 fully saturated rings. The molecule has 0 aromatic heterocycles. The summed E-state index contributed by atoms with van der Waals surface area (Å²) in [7, 11) is 1.87. The number of carbonyl (C=O) groups excluding carboxylic acids is 1. The molecule has 0 saturated carbocycles. The Morgan fingerprint density at radius 2 is 2.18 bits per heavy atom. The van der Waals surface area contributed by atoms with Gasteiger partial charge in [-0.1, -0.05) is 0 Å². The van der Waals surface area contributed by atoms with Crippen LogP contribution in [0.3, 0.4) is 0 Å². The highest BCUT2D eigenvalue weighted by atomic mass is 35.5. The van der Waals surface area contributed by atoms with Crippen molar-refractivity contribution < 1.29 is 9.72 Å². The zero-order valence-corrected chi connectivity index (χ0v) is 13.5. The number of benzene rings is 1. The fraction of sp³-hybridized carbons (Fsp3) is 0.500. The molecule has 0 aliphatic carbocycles. The van der Waals surface area contributed by atoms with E-state index in [-0.39, 0.29) is 41.3 Å². The minimum atomic E-state index is -0.550. The van der Waals surface area contributed by atoms with Gasteiger partial charge in [-0.05, 0) is 38.4 Å². The van der Waals surface area contributed by atoms with Crippen LogP contribution in [0.1, 0.15) is 28.8 Å². The van der Waals surface area contributed by atoms with Crippen molar-refractivity contribution in [1.82, 2.24) is 10.2 Å². The summed E-state index contributed by atoms with van der Waals surface area (Å²) in [6.07, 6.45) is 1.93. The van der Waals surface area contributed by atoms with Crippen molar-refractivity contribution in [2.45, 2.75) is 25.8 Å². The number of nitrogens with zero attached hydrogens (tertiary/aromatic N) is 2. The molecule has 1 atom stereocenters. The Morgan fingerprint density at radius 3 is 2.77 bits per heavy atom. The summed E-state index contributed by atoms with van der Waals surface area (Å²) >= 11 is 0. The van der Waals surface area contributed by atoms with Gasteiger partial charge in [0.15, 0.2) is 0 Å². The molecule has 1 aliphatic rings. The molecule has 8 heteroatoms. The number of nitro benzene ring substituents is 1. The molecule has 1 aliphatic heterocycles. The van der Waals surface area contributed by atoms with Gasteiger partial charge < -0.3 is 16.0 Å². The van der Waals surface area contributed by atoms with Crippen molar-refractivity contribution in [2.75, 3.05) is 25.9 Å². The number of anilines is 1. The van der Waals surface area contributed by atoms with Crippen molar-refractivity contribution in [2.24, 2.45) is 0 Å². The van der Waals surface area contributed by atoms with E-state index in [1.165, 1.54) is 6.07 Å². The topological polar surface area (TPSA) is 102 Å². The zero-order chi connectivity index (χ0) is 15.6. The van der Waals surface area contributed by atoms with E-state index in [9.17, 15) is 14.9 Å². The second kappa shape index (κ2) is 7.42. The number of amides is 1. The Balaban J connectivity index is 0.00000242. The average molecular weight is 329 g/mol. The Morgan fingerprint density at radius 1 is 1.50 bits per heavy atom. The molecule has 1 amide bonds. The standard InChI is InChI=1S/C14H20N4O3.ClH/c1-9-6-11(13(15)12(7-9)18(20)21)14(19)17-5-3-4-10(8-17)16-2;/h6-7,10,16H,3-5,8,15H2,1-2H3;1H. The number of halogens is 1. The molecule has 1 aromatic carbocycles. The van der Waals surface area contributed by atoms with Crippen molar-refractivity contribution in [3.05, 3.63) is 33.4 Å².